The summed E-state index contributed by atoms with van der Waals surface area (Å²) >= 11 is 0. The van der Waals surface area contributed by atoms with Gasteiger partial charge in [-0.1, -0.05) is 30.3 Å². The molecule has 1 fully saturated rings. The molecule has 2 aromatic rings. The normalized spacial score (nSPS) is 14.4. The summed E-state index contributed by atoms with van der Waals surface area (Å²) < 4.78 is 0. The van der Waals surface area contributed by atoms with Crippen molar-refractivity contribution in [3.63, 3.8) is 0 Å². The number of rotatable bonds is 4. The molecule has 1 aliphatic heterocycles. The van der Waals surface area contributed by atoms with E-state index in [0.29, 0.717) is 32.4 Å². The fourth-order valence-corrected chi connectivity index (χ4v) is 3.37. The Morgan fingerprint density at radius 2 is 1.78 bits per heavy atom. The van der Waals surface area contributed by atoms with E-state index in [1.54, 1.807) is 0 Å². The Kier molecular flexibility index (Phi) is 5.87. The second kappa shape index (κ2) is 8.50. The zero-order chi connectivity index (χ0) is 19.2. The highest BCUT2D eigenvalue weighted by atomic mass is 16.2. The van der Waals surface area contributed by atoms with Crippen LogP contribution in [0.1, 0.15) is 34.3 Å². The third kappa shape index (κ3) is 4.53. The van der Waals surface area contributed by atoms with E-state index in [-0.39, 0.29) is 17.7 Å². The molecule has 1 aliphatic rings. The predicted molar refractivity (Wildman–Crippen MR) is 104 cm³/mol. The minimum atomic E-state index is -0.0929. The molecule has 5 heteroatoms. The molecule has 1 N–H and O–H groups in total. The molecule has 2 amide bonds. The van der Waals surface area contributed by atoms with Gasteiger partial charge < -0.3 is 10.2 Å². The lowest BCUT2D eigenvalue weighted by atomic mass is 9.95. The molecule has 0 aliphatic carbocycles. The van der Waals surface area contributed by atoms with Crippen molar-refractivity contribution < 1.29 is 9.59 Å². The van der Waals surface area contributed by atoms with Crippen LogP contribution in [-0.2, 0) is 11.2 Å². The monoisotopic (exact) mass is 361 g/mol. The quantitative estimate of drug-likeness (QED) is 0.905. The lowest BCUT2D eigenvalue weighted by Crippen LogP contribution is -2.41. The molecule has 5 nitrogen and oxygen atoms in total. The minimum Gasteiger partial charge on any atom is -0.339 e. The first-order chi connectivity index (χ1) is 13.1. The predicted octanol–water partition coefficient (Wildman–Crippen LogP) is 3.55. The van der Waals surface area contributed by atoms with Gasteiger partial charge in [0.15, 0.2) is 0 Å². The van der Waals surface area contributed by atoms with Crippen LogP contribution in [0.2, 0.25) is 0 Å². The molecule has 0 unspecified atom stereocenters. The molecule has 0 atom stereocenters. The highest BCUT2D eigenvalue weighted by molar-refractivity contribution is 5.96. The van der Waals surface area contributed by atoms with Crippen molar-refractivity contribution in [2.24, 2.45) is 5.92 Å². The molecule has 0 radical (unpaired) electrons. The lowest BCUT2D eigenvalue weighted by Gasteiger charge is -2.31. The Labute approximate surface area is 159 Å². The lowest BCUT2D eigenvalue weighted by molar-refractivity contribution is -0.121. The van der Waals surface area contributed by atoms with E-state index in [9.17, 15) is 9.59 Å². The number of benzene rings is 2. The second-order valence-corrected chi connectivity index (χ2v) is 6.90. The highest BCUT2D eigenvalue weighted by Crippen LogP contribution is 2.22. The Bertz CT molecular complexity index is 860. The molecule has 0 saturated carbocycles. The van der Waals surface area contributed by atoms with Gasteiger partial charge in [-0.25, -0.2) is 0 Å². The molecule has 27 heavy (non-hydrogen) atoms. The van der Waals surface area contributed by atoms with Crippen LogP contribution in [0.3, 0.4) is 0 Å². The molecular formula is C22H23N3O2. The van der Waals surface area contributed by atoms with Gasteiger partial charge in [-0.05, 0) is 49.1 Å². The van der Waals surface area contributed by atoms with Gasteiger partial charge >= 0.3 is 0 Å². The van der Waals surface area contributed by atoms with Crippen LogP contribution in [0.4, 0.5) is 5.69 Å². The maximum Gasteiger partial charge on any atom is 0.254 e. The highest BCUT2D eigenvalue weighted by Gasteiger charge is 2.28. The number of likely N-dealkylation sites (tertiary alicyclic amines) is 1. The van der Waals surface area contributed by atoms with Crippen LogP contribution in [-0.4, -0.2) is 29.8 Å². The third-order valence-electron chi connectivity index (χ3n) is 5.03. The number of hydrogen-bond donors (Lipinski definition) is 1. The van der Waals surface area contributed by atoms with Gasteiger partial charge in [0.2, 0.25) is 5.91 Å². The van der Waals surface area contributed by atoms with Gasteiger partial charge in [0, 0.05) is 30.3 Å². The number of hydrogen-bond acceptors (Lipinski definition) is 3. The van der Waals surface area contributed by atoms with Crippen LogP contribution in [0.5, 0.6) is 0 Å². The zero-order valence-corrected chi connectivity index (χ0v) is 15.4. The van der Waals surface area contributed by atoms with Gasteiger partial charge in [-0.15, -0.1) is 0 Å². The van der Waals surface area contributed by atoms with Gasteiger partial charge in [0.1, 0.15) is 0 Å². The SMILES string of the molecule is Cc1ccccc1C(=O)N1CCC(C(=O)Nc2ccc(CC#N)cc2)CC1. The average molecular weight is 361 g/mol. The Balaban J connectivity index is 1.54. The van der Waals surface area contributed by atoms with Crippen LogP contribution in [0.15, 0.2) is 48.5 Å². The van der Waals surface area contributed by atoms with E-state index in [0.717, 1.165) is 22.4 Å². The molecule has 2 aromatic carbocycles. The summed E-state index contributed by atoms with van der Waals surface area (Å²) in [5.74, 6) is -0.0595. The van der Waals surface area contributed by atoms with Gasteiger partial charge in [0.25, 0.3) is 5.91 Å². The van der Waals surface area contributed by atoms with E-state index in [2.05, 4.69) is 11.4 Å². The average Bonchev–Trinajstić information content (AvgIpc) is 2.70. The molecular weight excluding hydrogens is 338 g/mol. The van der Waals surface area contributed by atoms with Crippen molar-refractivity contribution >= 4 is 17.5 Å². The smallest absolute Gasteiger partial charge is 0.254 e. The van der Waals surface area contributed by atoms with Gasteiger partial charge in [-0.3, -0.25) is 9.59 Å². The van der Waals surface area contributed by atoms with Crippen LogP contribution >= 0.6 is 0 Å². The first-order valence-electron chi connectivity index (χ1n) is 9.20. The summed E-state index contributed by atoms with van der Waals surface area (Å²) in [4.78, 5) is 27.0. The topological polar surface area (TPSA) is 73.2 Å². The number of carbonyl (C=O) groups is 2. The van der Waals surface area contributed by atoms with Gasteiger partial charge in [0.05, 0.1) is 12.5 Å². The molecule has 0 bridgehead atoms. The Morgan fingerprint density at radius 3 is 2.41 bits per heavy atom. The Morgan fingerprint density at radius 1 is 1.11 bits per heavy atom. The third-order valence-corrected chi connectivity index (χ3v) is 5.03. The van der Waals surface area contributed by atoms with Crippen LogP contribution < -0.4 is 5.32 Å². The molecule has 3 rings (SSSR count). The van der Waals surface area contributed by atoms with E-state index >= 15 is 0 Å². The van der Waals surface area contributed by atoms with Crippen molar-refractivity contribution in [1.82, 2.24) is 4.90 Å². The van der Waals surface area contributed by atoms with Crippen molar-refractivity contribution in [2.75, 3.05) is 18.4 Å². The van der Waals surface area contributed by atoms with E-state index in [4.69, 9.17) is 5.26 Å². The summed E-state index contributed by atoms with van der Waals surface area (Å²) in [5, 5.41) is 11.6. The molecule has 1 heterocycles. The number of anilines is 1. The number of nitriles is 1. The number of carbonyl (C=O) groups excluding carboxylic acids is 2. The van der Waals surface area contributed by atoms with E-state index in [1.807, 2.05) is 60.4 Å². The summed E-state index contributed by atoms with van der Waals surface area (Å²) in [6.07, 6.45) is 1.69. The fourth-order valence-electron chi connectivity index (χ4n) is 3.37. The summed E-state index contributed by atoms with van der Waals surface area (Å²) in [6, 6.07) is 17.0. The van der Waals surface area contributed by atoms with Crippen molar-refractivity contribution in [1.29, 1.82) is 5.26 Å². The van der Waals surface area contributed by atoms with E-state index < -0.39 is 0 Å². The van der Waals surface area contributed by atoms with Crippen LogP contribution in [0.25, 0.3) is 0 Å². The largest absolute Gasteiger partial charge is 0.339 e. The molecule has 0 aromatic heterocycles. The van der Waals surface area contributed by atoms with Crippen molar-refractivity contribution in [3.8, 4) is 6.07 Å². The summed E-state index contributed by atoms with van der Waals surface area (Å²) in [5.41, 5.74) is 3.37. The number of aryl methyl sites for hydroxylation is 1. The van der Waals surface area contributed by atoms with Gasteiger partial charge in [-0.2, -0.15) is 5.26 Å². The van der Waals surface area contributed by atoms with Crippen molar-refractivity contribution in [2.45, 2.75) is 26.2 Å². The minimum absolute atomic E-state index is 0.00831. The Hall–Kier alpha value is -3.13. The van der Waals surface area contributed by atoms with E-state index in [1.165, 1.54) is 0 Å². The standard InChI is InChI=1S/C22H23N3O2/c1-16-4-2-3-5-20(16)22(27)25-14-11-18(12-15-25)21(26)24-19-8-6-17(7-9-19)10-13-23/h2-9,18H,10-12,14-15H2,1H3,(H,24,26). The number of nitrogens with one attached hydrogen (secondary N) is 1. The van der Waals surface area contributed by atoms with Crippen molar-refractivity contribution in [3.05, 3.63) is 65.2 Å². The number of amides is 2. The van der Waals surface area contributed by atoms with Crippen LogP contribution in [0, 0.1) is 24.2 Å². The summed E-state index contributed by atoms with van der Waals surface area (Å²) in [7, 11) is 0. The second-order valence-electron chi connectivity index (χ2n) is 6.90. The molecule has 0 spiro atoms. The maximum atomic E-state index is 12.7. The summed E-state index contributed by atoms with van der Waals surface area (Å²) in [6.45, 7) is 3.12. The molecule has 1 saturated heterocycles. The number of nitrogens with zero attached hydrogens (tertiary/aromatic N) is 2. The first kappa shape index (κ1) is 18.7. The zero-order valence-electron chi connectivity index (χ0n) is 15.4. The first-order valence-corrected chi connectivity index (χ1v) is 9.20. The fraction of sp³-hybridized carbons (Fsp3) is 0.318. The number of piperidine rings is 1. The maximum absolute atomic E-state index is 12.7. The molecule has 138 valence electrons.